The quantitative estimate of drug-likeness (QED) is 0.170. The van der Waals surface area contributed by atoms with Gasteiger partial charge in [0.25, 0.3) is 5.56 Å². The average Bonchev–Trinajstić information content (AvgIpc) is 3.50. The Hall–Kier alpha value is -4.11. The zero-order valence-corrected chi connectivity index (χ0v) is 27.5. The first-order chi connectivity index (χ1) is 21.6. The number of thiazole rings is 1. The number of nitrogens with zero attached hydrogens (tertiary/aromatic N) is 3. The molecule has 1 aliphatic rings. The van der Waals surface area contributed by atoms with Crippen LogP contribution >= 0.6 is 34.5 Å². The molecule has 0 radical (unpaired) electrons. The van der Waals surface area contributed by atoms with E-state index in [0.29, 0.717) is 49.6 Å². The number of rotatable bonds is 8. The maximum Gasteiger partial charge on any atom is 0.338 e. The lowest BCUT2D eigenvalue weighted by Crippen LogP contribution is -2.40. The molecule has 2 aromatic heterocycles. The van der Waals surface area contributed by atoms with Gasteiger partial charge in [-0.05, 0) is 75.2 Å². The lowest BCUT2D eigenvalue weighted by Gasteiger charge is -2.25. The molecule has 0 amide bonds. The Morgan fingerprint density at radius 2 is 1.84 bits per heavy atom. The highest BCUT2D eigenvalue weighted by Gasteiger charge is 2.34. The molecule has 5 aromatic rings. The van der Waals surface area contributed by atoms with Gasteiger partial charge in [-0.15, -0.1) is 0 Å². The molecule has 7 nitrogen and oxygen atoms in total. The summed E-state index contributed by atoms with van der Waals surface area (Å²) in [4.78, 5) is 32.9. The van der Waals surface area contributed by atoms with Crippen LogP contribution in [0.3, 0.4) is 0 Å². The van der Waals surface area contributed by atoms with Crippen molar-refractivity contribution in [3.05, 3.63) is 131 Å². The van der Waals surface area contributed by atoms with E-state index in [1.165, 1.54) is 11.3 Å². The average molecular weight is 661 g/mol. The summed E-state index contributed by atoms with van der Waals surface area (Å²) in [5, 5.41) is 2.16. The molecule has 0 aliphatic carbocycles. The monoisotopic (exact) mass is 659 g/mol. The first-order valence-corrected chi connectivity index (χ1v) is 16.2. The van der Waals surface area contributed by atoms with Gasteiger partial charge in [-0.2, -0.15) is 0 Å². The Balaban J connectivity index is 1.49. The molecular weight excluding hydrogens is 629 g/mol. The number of halogens is 2. The number of ether oxygens (including phenoxy) is 2. The maximum atomic E-state index is 14.2. The maximum absolute atomic E-state index is 14.2. The largest absolute Gasteiger partial charge is 0.494 e. The lowest BCUT2D eigenvalue weighted by atomic mass is 9.96. The van der Waals surface area contributed by atoms with E-state index < -0.39 is 12.0 Å². The summed E-state index contributed by atoms with van der Waals surface area (Å²) in [5.74, 6) is 0.209. The number of aromatic nitrogens is 2. The van der Waals surface area contributed by atoms with Crippen LogP contribution in [0.1, 0.15) is 50.4 Å². The molecular formula is C35H31Cl2N3O4S. The highest BCUT2D eigenvalue weighted by Crippen LogP contribution is 2.32. The van der Waals surface area contributed by atoms with E-state index >= 15 is 0 Å². The molecule has 6 rings (SSSR count). The van der Waals surface area contributed by atoms with Crippen molar-refractivity contribution in [1.82, 2.24) is 9.13 Å². The summed E-state index contributed by atoms with van der Waals surface area (Å²) in [6, 6.07) is 20.2. The summed E-state index contributed by atoms with van der Waals surface area (Å²) in [6.45, 7) is 8.36. The highest BCUT2D eigenvalue weighted by molar-refractivity contribution is 7.07. The van der Waals surface area contributed by atoms with Gasteiger partial charge in [0.15, 0.2) is 4.80 Å². The summed E-state index contributed by atoms with van der Waals surface area (Å²) < 4.78 is 15.5. The summed E-state index contributed by atoms with van der Waals surface area (Å²) in [7, 11) is 0. The van der Waals surface area contributed by atoms with Gasteiger partial charge in [-0.25, -0.2) is 9.79 Å². The summed E-state index contributed by atoms with van der Waals surface area (Å²) >= 11 is 13.9. The van der Waals surface area contributed by atoms with E-state index in [4.69, 9.17) is 37.7 Å². The minimum atomic E-state index is -0.710. The summed E-state index contributed by atoms with van der Waals surface area (Å²) in [6.07, 6.45) is 3.59. The van der Waals surface area contributed by atoms with Crippen molar-refractivity contribution in [2.45, 2.75) is 46.4 Å². The minimum absolute atomic E-state index is 0.238. The van der Waals surface area contributed by atoms with Crippen LogP contribution in [-0.2, 0) is 16.1 Å². The second kappa shape index (κ2) is 12.7. The SMILES string of the molecule is CCOc1ccc([C@H]2C(C(=O)OC(C)C)=C(C)N=c3s/c(=C/c4cn(Cc5ccc(Cl)cc5Cl)c5ccccc45)c(=O)n32)cc1. The fourth-order valence-corrected chi connectivity index (χ4v) is 7.09. The van der Waals surface area contributed by atoms with Crippen molar-refractivity contribution in [2.75, 3.05) is 6.61 Å². The smallest absolute Gasteiger partial charge is 0.338 e. The van der Waals surface area contributed by atoms with Crippen LogP contribution in [0.4, 0.5) is 0 Å². The molecule has 10 heteroatoms. The number of benzene rings is 3. The third-order valence-corrected chi connectivity index (χ3v) is 9.12. The third kappa shape index (κ3) is 6.10. The fourth-order valence-electron chi connectivity index (χ4n) is 5.58. The van der Waals surface area contributed by atoms with Crippen LogP contribution in [0.2, 0.25) is 10.0 Å². The predicted molar refractivity (Wildman–Crippen MR) is 180 cm³/mol. The fraction of sp³-hybridized carbons (Fsp3) is 0.229. The number of para-hydroxylation sites is 1. The first kappa shape index (κ1) is 30.9. The first-order valence-electron chi connectivity index (χ1n) is 14.6. The third-order valence-electron chi connectivity index (χ3n) is 7.55. The lowest BCUT2D eigenvalue weighted by molar-refractivity contribution is -0.143. The van der Waals surface area contributed by atoms with Crippen LogP contribution in [0.5, 0.6) is 5.75 Å². The zero-order chi connectivity index (χ0) is 31.8. The van der Waals surface area contributed by atoms with Gasteiger partial charge >= 0.3 is 5.97 Å². The number of fused-ring (bicyclic) bond motifs is 2. The van der Waals surface area contributed by atoms with E-state index in [1.54, 1.807) is 31.4 Å². The van der Waals surface area contributed by atoms with Gasteiger partial charge in [0.05, 0.1) is 34.6 Å². The van der Waals surface area contributed by atoms with E-state index in [-0.39, 0.29) is 11.7 Å². The molecule has 0 saturated heterocycles. The number of esters is 1. The Labute approximate surface area is 274 Å². The van der Waals surface area contributed by atoms with Gasteiger partial charge in [0.1, 0.15) is 5.75 Å². The topological polar surface area (TPSA) is 74.8 Å². The van der Waals surface area contributed by atoms with Crippen molar-refractivity contribution in [3.8, 4) is 5.75 Å². The standard InChI is InChI=1S/C35H31Cl2N3O4S/c1-5-43-26-14-11-22(12-15-26)32-31(34(42)44-20(2)3)21(4)38-35-40(32)33(41)30(45-35)16-24-19-39(29-9-7-6-8-27(24)29)18-23-10-13-25(36)17-28(23)37/h6-17,19-20,32H,5,18H2,1-4H3/b30-16+/t32-/m0/s1. The van der Waals surface area contributed by atoms with Crippen LogP contribution in [-0.4, -0.2) is 27.8 Å². The van der Waals surface area contributed by atoms with E-state index in [9.17, 15) is 9.59 Å². The van der Waals surface area contributed by atoms with Crippen LogP contribution < -0.4 is 19.6 Å². The molecule has 1 atom stereocenters. The van der Waals surface area contributed by atoms with Gasteiger partial charge in [-0.3, -0.25) is 9.36 Å². The zero-order valence-electron chi connectivity index (χ0n) is 25.2. The van der Waals surface area contributed by atoms with Gasteiger partial charge in [-0.1, -0.05) is 70.9 Å². The predicted octanol–water partition coefficient (Wildman–Crippen LogP) is 6.90. The van der Waals surface area contributed by atoms with Gasteiger partial charge in [0, 0.05) is 39.3 Å². The number of allylic oxidation sites excluding steroid dienone is 1. The Morgan fingerprint density at radius 3 is 2.56 bits per heavy atom. The van der Waals surface area contributed by atoms with Crippen LogP contribution in [0.25, 0.3) is 17.0 Å². The molecule has 230 valence electrons. The molecule has 0 spiro atoms. The van der Waals surface area contributed by atoms with Crippen molar-refractivity contribution in [2.24, 2.45) is 4.99 Å². The van der Waals surface area contributed by atoms with E-state index in [0.717, 1.165) is 27.6 Å². The number of hydrogen-bond donors (Lipinski definition) is 0. The normalized spacial score (nSPS) is 15.0. The molecule has 1 aliphatic heterocycles. The Bertz CT molecular complexity index is 2140. The molecule has 45 heavy (non-hydrogen) atoms. The summed E-state index contributed by atoms with van der Waals surface area (Å²) in [5.41, 5.74) is 4.19. The molecule has 0 bridgehead atoms. The molecule has 0 saturated carbocycles. The van der Waals surface area contributed by atoms with Crippen molar-refractivity contribution < 1.29 is 14.3 Å². The second-order valence-corrected chi connectivity index (χ2v) is 12.9. The Kier molecular flexibility index (Phi) is 8.73. The number of carbonyl (C=O) groups excluding carboxylic acids is 1. The van der Waals surface area contributed by atoms with Crippen LogP contribution in [0, 0.1) is 0 Å². The molecule has 0 fully saturated rings. The minimum Gasteiger partial charge on any atom is -0.494 e. The molecule has 0 N–H and O–H groups in total. The van der Waals surface area contributed by atoms with Gasteiger partial charge in [0.2, 0.25) is 0 Å². The van der Waals surface area contributed by atoms with Gasteiger partial charge < -0.3 is 14.0 Å². The Morgan fingerprint density at radius 1 is 1.09 bits per heavy atom. The molecule has 0 unspecified atom stereocenters. The highest BCUT2D eigenvalue weighted by atomic mass is 35.5. The number of hydrogen-bond acceptors (Lipinski definition) is 6. The van der Waals surface area contributed by atoms with E-state index in [2.05, 4.69) is 4.57 Å². The van der Waals surface area contributed by atoms with Crippen molar-refractivity contribution >= 4 is 57.5 Å². The molecule has 3 aromatic carbocycles. The van der Waals surface area contributed by atoms with Crippen LogP contribution in [0.15, 0.2) is 94.0 Å². The molecule has 3 heterocycles. The van der Waals surface area contributed by atoms with Crippen molar-refractivity contribution in [1.29, 1.82) is 0 Å². The van der Waals surface area contributed by atoms with E-state index in [1.807, 2.05) is 79.9 Å². The second-order valence-electron chi connectivity index (χ2n) is 11.0. The number of carbonyl (C=O) groups is 1. The van der Waals surface area contributed by atoms with Crippen molar-refractivity contribution in [3.63, 3.8) is 0 Å².